The Morgan fingerprint density at radius 2 is 1.29 bits per heavy atom. The SMILES string of the molecule is Clc1ccc(-c2ccc3ccccc3c2)c2c1oc1cc3ccccc3cc12. The molecular weight excluding hydrogens is 364 g/mol. The minimum Gasteiger partial charge on any atom is -0.454 e. The number of halogens is 1. The zero-order valence-electron chi connectivity index (χ0n) is 14.9. The van der Waals surface area contributed by atoms with Crippen LogP contribution in [0.15, 0.2) is 95.4 Å². The van der Waals surface area contributed by atoms with Crippen molar-refractivity contribution in [1.29, 1.82) is 0 Å². The van der Waals surface area contributed by atoms with Crippen LogP contribution in [0.25, 0.3) is 54.6 Å². The Kier molecular flexibility index (Phi) is 3.29. The third kappa shape index (κ3) is 2.27. The fraction of sp³-hybridized carbons (Fsp3) is 0. The van der Waals surface area contributed by atoms with E-state index in [-0.39, 0.29) is 0 Å². The molecule has 0 saturated carbocycles. The molecule has 0 bridgehead atoms. The zero-order valence-corrected chi connectivity index (χ0v) is 15.7. The lowest BCUT2D eigenvalue weighted by Crippen LogP contribution is -1.82. The highest BCUT2D eigenvalue weighted by Crippen LogP contribution is 2.41. The van der Waals surface area contributed by atoms with Gasteiger partial charge >= 0.3 is 0 Å². The van der Waals surface area contributed by atoms with Crippen LogP contribution in [0.4, 0.5) is 0 Å². The highest BCUT2D eigenvalue weighted by atomic mass is 35.5. The number of furan rings is 1. The van der Waals surface area contributed by atoms with Crippen LogP contribution in [0.5, 0.6) is 0 Å². The number of hydrogen-bond donors (Lipinski definition) is 0. The van der Waals surface area contributed by atoms with Gasteiger partial charge in [-0.15, -0.1) is 0 Å². The molecule has 1 heterocycles. The summed E-state index contributed by atoms with van der Waals surface area (Å²) < 4.78 is 6.21. The molecule has 2 heteroatoms. The van der Waals surface area contributed by atoms with Crippen molar-refractivity contribution in [3.05, 3.63) is 96.0 Å². The molecule has 0 amide bonds. The van der Waals surface area contributed by atoms with Crippen LogP contribution >= 0.6 is 11.6 Å². The van der Waals surface area contributed by atoms with Gasteiger partial charge in [0.05, 0.1) is 5.02 Å². The Morgan fingerprint density at radius 1 is 0.607 bits per heavy atom. The van der Waals surface area contributed by atoms with E-state index in [4.69, 9.17) is 16.0 Å². The summed E-state index contributed by atoms with van der Waals surface area (Å²) in [6.07, 6.45) is 0. The predicted octanol–water partition coefficient (Wildman–Crippen LogP) is 8.21. The minimum atomic E-state index is 0.639. The first-order chi connectivity index (χ1) is 13.8. The number of hydrogen-bond acceptors (Lipinski definition) is 1. The van der Waals surface area contributed by atoms with Gasteiger partial charge in [0.25, 0.3) is 0 Å². The normalized spacial score (nSPS) is 11.8. The summed E-state index contributed by atoms with van der Waals surface area (Å²) in [5, 5.41) is 7.63. The smallest absolute Gasteiger partial charge is 0.154 e. The summed E-state index contributed by atoms with van der Waals surface area (Å²) in [6, 6.07) is 31.7. The zero-order chi connectivity index (χ0) is 18.7. The van der Waals surface area contributed by atoms with Crippen LogP contribution in [0.3, 0.4) is 0 Å². The fourth-order valence-electron chi connectivity index (χ4n) is 4.13. The van der Waals surface area contributed by atoms with E-state index in [2.05, 4.69) is 78.9 Å². The van der Waals surface area contributed by atoms with Crippen molar-refractivity contribution in [3.63, 3.8) is 0 Å². The molecule has 1 nitrogen and oxygen atoms in total. The molecule has 0 radical (unpaired) electrons. The summed E-state index contributed by atoms with van der Waals surface area (Å²) in [6.45, 7) is 0. The number of benzene rings is 5. The van der Waals surface area contributed by atoms with Crippen molar-refractivity contribution in [1.82, 2.24) is 0 Å². The van der Waals surface area contributed by atoms with Gasteiger partial charge in [0, 0.05) is 10.8 Å². The second-order valence-electron chi connectivity index (χ2n) is 7.16. The van der Waals surface area contributed by atoms with Crippen molar-refractivity contribution in [2.24, 2.45) is 0 Å². The van der Waals surface area contributed by atoms with Crippen LogP contribution in [0.2, 0.25) is 5.02 Å². The Hall–Kier alpha value is -3.29. The lowest BCUT2D eigenvalue weighted by atomic mass is 9.96. The van der Waals surface area contributed by atoms with Crippen LogP contribution in [0, 0.1) is 0 Å². The van der Waals surface area contributed by atoms with Gasteiger partial charge in [-0.05, 0) is 56.9 Å². The maximum absolute atomic E-state index is 6.52. The summed E-state index contributed by atoms with van der Waals surface area (Å²) in [4.78, 5) is 0. The largest absolute Gasteiger partial charge is 0.454 e. The highest BCUT2D eigenvalue weighted by molar-refractivity contribution is 6.37. The van der Waals surface area contributed by atoms with E-state index in [0.29, 0.717) is 5.02 Å². The van der Waals surface area contributed by atoms with Gasteiger partial charge in [0.2, 0.25) is 0 Å². The number of rotatable bonds is 1. The van der Waals surface area contributed by atoms with Crippen molar-refractivity contribution < 1.29 is 4.42 Å². The molecular formula is C26H15ClO. The molecule has 5 aromatic carbocycles. The molecule has 0 unspecified atom stereocenters. The molecule has 1 aromatic heterocycles. The molecule has 0 fully saturated rings. The Bertz CT molecular complexity index is 1520. The van der Waals surface area contributed by atoms with Crippen molar-refractivity contribution in [3.8, 4) is 11.1 Å². The molecule has 0 saturated heterocycles. The topological polar surface area (TPSA) is 13.1 Å². The second kappa shape index (κ2) is 5.85. The number of fused-ring (bicyclic) bond motifs is 5. The van der Waals surface area contributed by atoms with Crippen LogP contribution < -0.4 is 0 Å². The van der Waals surface area contributed by atoms with E-state index in [1.54, 1.807) is 0 Å². The van der Waals surface area contributed by atoms with Gasteiger partial charge in [-0.2, -0.15) is 0 Å². The van der Waals surface area contributed by atoms with E-state index < -0.39 is 0 Å². The molecule has 0 atom stereocenters. The lowest BCUT2D eigenvalue weighted by molar-refractivity contribution is 0.669. The van der Waals surface area contributed by atoms with Gasteiger partial charge in [-0.25, -0.2) is 0 Å². The molecule has 6 aromatic rings. The second-order valence-corrected chi connectivity index (χ2v) is 7.57. The predicted molar refractivity (Wildman–Crippen MR) is 119 cm³/mol. The lowest BCUT2D eigenvalue weighted by Gasteiger charge is -2.07. The average Bonchev–Trinajstić information content (AvgIpc) is 3.11. The Labute approximate surface area is 166 Å². The van der Waals surface area contributed by atoms with Gasteiger partial charge in [0.1, 0.15) is 5.58 Å². The van der Waals surface area contributed by atoms with Crippen molar-refractivity contribution >= 4 is 55.1 Å². The van der Waals surface area contributed by atoms with Crippen LogP contribution in [0.1, 0.15) is 0 Å². The first kappa shape index (κ1) is 15.7. The van der Waals surface area contributed by atoms with Crippen molar-refractivity contribution in [2.75, 3.05) is 0 Å². The average molecular weight is 379 g/mol. The van der Waals surface area contributed by atoms with Gasteiger partial charge in [-0.3, -0.25) is 0 Å². The molecule has 0 spiro atoms. The maximum Gasteiger partial charge on any atom is 0.154 e. The fourth-order valence-corrected chi connectivity index (χ4v) is 4.33. The maximum atomic E-state index is 6.52. The first-order valence-electron chi connectivity index (χ1n) is 9.31. The van der Waals surface area contributed by atoms with Gasteiger partial charge in [0.15, 0.2) is 5.58 Å². The molecule has 0 N–H and O–H groups in total. The minimum absolute atomic E-state index is 0.639. The first-order valence-corrected chi connectivity index (χ1v) is 9.68. The van der Waals surface area contributed by atoms with E-state index in [9.17, 15) is 0 Å². The molecule has 0 aliphatic carbocycles. The van der Waals surface area contributed by atoms with E-state index >= 15 is 0 Å². The molecule has 6 rings (SSSR count). The third-order valence-corrected chi connectivity index (χ3v) is 5.80. The van der Waals surface area contributed by atoms with Crippen LogP contribution in [-0.2, 0) is 0 Å². The van der Waals surface area contributed by atoms with Gasteiger partial charge < -0.3 is 4.42 Å². The quantitative estimate of drug-likeness (QED) is 0.281. The highest BCUT2D eigenvalue weighted by Gasteiger charge is 2.16. The van der Waals surface area contributed by atoms with E-state index in [0.717, 1.165) is 38.5 Å². The van der Waals surface area contributed by atoms with Crippen LogP contribution in [-0.4, -0.2) is 0 Å². The summed E-state index contributed by atoms with van der Waals surface area (Å²) in [5.41, 5.74) is 3.91. The molecule has 132 valence electrons. The molecule has 0 aliphatic rings. The Morgan fingerprint density at radius 3 is 2.07 bits per heavy atom. The van der Waals surface area contributed by atoms with Crippen molar-refractivity contribution in [2.45, 2.75) is 0 Å². The van der Waals surface area contributed by atoms with E-state index in [1.807, 2.05) is 12.1 Å². The summed E-state index contributed by atoms with van der Waals surface area (Å²) >= 11 is 6.52. The summed E-state index contributed by atoms with van der Waals surface area (Å²) in [7, 11) is 0. The third-order valence-electron chi connectivity index (χ3n) is 5.50. The van der Waals surface area contributed by atoms with E-state index in [1.165, 1.54) is 16.2 Å². The Balaban J connectivity index is 1.74. The summed E-state index contributed by atoms with van der Waals surface area (Å²) in [5.74, 6) is 0. The van der Waals surface area contributed by atoms with Gasteiger partial charge in [-0.1, -0.05) is 78.3 Å². The standard InChI is InChI=1S/C26H15ClO/c27-23-12-11-21(20-10-9-16-5-1-2-6-17(16)13-20)25-22-14-18-7-3-4-8-19(18)15-24(22)28-26(23)25/h1-15H. The molecule has 0 aliphatic heterocycles. The molecule has 28 heavy (non-hydrogen) atoms. The monoisotopic (exact) mass is 378 g/mol.